The Morgan fingerprint density at radius 1 is 0.979 bits per heavy atom. The van der Waals surface area contributed by atoms with E-state index in [0.717, 1.165) is 4.31 Å². The van der Waals surface area contributed by atoms with E-state index in [-0.39, 0.29) is 38.3 Å². The summed E-state index contributed by atoms with van der Waals surface area (Å²) in [6, 6.07) is 23.3. The molecule has 1 fully saturated rings. The molecule has 1 saturated heterocycles. The van der Waals surface area contributed by atoms with Gasteiger partial charge < -0.3 is 19.7 Å². The normalized spacial score (nSPS) is 13.4. The van der Waals surface area contributed by atoms with Crippen molar-refractivity contribution < 1.29 is 31.1 Å². The van der Waals surface area contributed by atoms with E-state index in [2.05, 4.69) is 16.6 Å². The Balaban J connectivity index is 1.46. The number of carbonyl (C=O) groups excluding carboxylic acids is 1. The van der Waals surface area contributed by atoms with Gasteiger partial charge in [-0.05, 0) is 60.7 Å². The number of methoxy groups -OCH3 is 1. The maximum absolute atomic E-state index is 13.8. The lowest BCUT2D eigenvalue weighted by atomic mass is 10.2. The van der Waals surface area contributed by atoms with E-state index in [0.29, 0.717) is 43.4 Å². The Bertz CT molecular complexity index is 2000. The Morgan fingerprint density at radius 3 is 2.43 bits per heavy atom. The molecule has 0 saturated carbocycles. The fourth-order valence-electron chi connectivity index (χ4n) is 5.02. The molecule has 0 spiro atoms. The number of halogens is 1. The second kappa shape index (κ2) is 14.5. The summed E-state index contributed by atoms with van der Waals surface area (Å²) in [6.07, 6.45) is 1.45. The third-order valence-electron chi connectivity index (χ3n) is 7.31. The van der Waals surface area contributed by atoms with E-state index in [1.165, 1.54) is 43.5 Å². The van der Waals surface area contributed by atoms with E-state index in [1.54, 1.807) is 60.7 Å². The van der Waals surface area contributed by atoms with Gasteiger partial charge in [-0.15, -0.1) is 6.58 Å². The van der Waals surface area contributed by atoms with Crippen LogP contribution in [-0.2, 0) is 24.8 Å². The first kappa shape index (κ1) is 33.8. The maximum Gasteiger partial charge on any atom is 0.264 e. The predicted octanol–water partition coefficient (Wildman–Crippen LogP) is 5.62. The second-order valence-corrected chi connectivity index (χ2v) is 14.3. The number of sulfonamides is 2. The van der Waals surface area contributed by atoms with Crippen molar-refractivity contribution in [2.45, 2.75) is 9.79 Å². The molecule has 0 radical (unpaired) electrons. The molecule has 0 bridgehead atoms. The highest BCUT2D eigenvalue weighted by Gasteiger charge is 2.28. The summed E-state index contributed by atoms with van der Waals surface area (Å²) in [7, 11) is -6.91. The van der Waals surface area contributed by atoms with Crippen molar-refractivity contribution in [2.75, 3.05) is 59.2 Å². The third kappa shape index (κ3) is 7.54. The third-order valence-corrected chi connectivity index (χ3v) is 10.8. The number of amides is 1. The number of ether oxygens (including phenoxy) is 2. The van der Waals surface area contributed by atoms with E-state index < -0.39 is 26.0 Å². The largest absolute Gasteiger partial charge is 0.495 e. The van der Waals surface area contributed by atoms with E-state index in [9.17, 15) is 21.6 Å². The molecule has 2 N–H and O–H groups in total. The van der Waals surface area contributed by atoms with E-state index >= 15 is 0 Å². The molecule has 0 unspecified atom stereocenters. The summed E-state index contributed by atoms with van der Waals surface area (Å²) in [4.78, 5) is 15.2. The van der Waals surface area contributed by atoms with Crippen molar-refractivity contribution in [2.24, 2.45) is 0 Å². The number of morpholine rings is 1. The van der Waals surface area contributed by atoms with Crippen LogP contribution in [0.5, 0.6) is 5.75 Å². The average Bonchev–Trinajstić information content (AvgIpc) is 3.08. The van der Waals surface area contributed by atoms with Crippen molar-refractivity contribution in [3.8, 4) is 5.75 Å². The molecule has 11 nitrogen and oxygen atoms in total. The summed E-state index contributed by atoms with van der Waals surface area (Å²) in [5, 5.41) is 2.94. The number of carbonyl (C=O) groups is 1. The van der Waals surface area contributed by atoms with Crippen molar-refractivity contribution >= 4 is 60.3 Å². The minimum Gasteiger partial charge on any atom is -0.495 e. The molecule has 246 valence electrons. The number of nitrogens with zero attached hydrogens (tertiary/aromatic N) is 2. The predicted molar refractivity (Wildman–Crippen MR) is 184 cm³/mol. The molecule has 0 aromatic heterocycles. The summed E-state index contributed by atoms with van der Waals surface area (Å²) < 4.78 is 69.6. The lowest BCUT2D eigenvalue weighted by Crippen LogP contribution is -2.37. The van der Waals surface area contributed by atoms with E-state index in [1.807, 2.05) is 4.90 Å². The zero-order valence-corrected chi connectivity index (χ0v) is 27.8. The SMILES string of the molecule is C=CCN(c1ccccc1OC)S(=O)(=O)c1cccc(C(=O)Nc2ccc(N3CCOCC3)c(S(=O)(=O)Nc3ccccc3Cl)c2)c1. The number of hydrogen-bond donors (Lipinski definition) is 2. The van der Waals surface area contributed by atoms with Crippen molar-refractivity contribution in [1.82, 2.24) is 0 Å². The topological polar surface area (TPSA) is 134 Å². The first-order chi connectivity index (χ1) is 22.5. The van der Waals surface area contributed by atoms with Gasteiger partial charge in [0.25, 0.3) is 26.0 Å². The molecular formula is C33H33ClN4O7S2. The molecule has 0 atom stereocenters. The van der Waals surface area contributed by atoms with Crippen LogP contribution in [0, 0.1) is 0 Å². The molecule has 14 heteroatoms. The molecule has 5 rings (SSSR count). The highest BCUT2D eigenvalue weighted by Crippen LogP contribution is 2.34. The number of rotatable bonds is 12. The smallest absolute Gasteiger partial charge is 0.264 e. The van der Waals surface area contributed by atoms with Gasteiger partial charge in [0, 0.05) is 24.3 Å². The van der Waals surface area contributed by atoms with Gasteiger partial charge in [0.2, 0.25) is 0 Å². The van der Waals surface area contributed by atoms with Crippen LogP contribution in [0.25, 0.3) is 0 Å². The van der Waals surface area contributed by atoms with Gasteiger partial charge in [-0.2, -0.15) is 0 Å². The number of para-hydroxylation sites is 3. The van der Waals surface area contributed by atoms with Gasteiger partial charge in [0.1, 0.15) is 10.6 Å². The highest BCUT2D eigenvalue weighted by molar-refractivity contribution is 7.93. The number of nitrogens with one attached hydrogen (secondary N) is 2. The van der Waals surface area contributed by atoms with Crippen LogP contribution >= 0.6 is 11.6 Å². The van der Waals surface area contributed by atoms with Crippen LogP contribution in [0.1, 0.15) is 10.4 Å². The Hall–Kier alpha value is -4.56. The van der Waals surface area contributed by atoms with Gasteiger partial charge in [-0.3, -0.25) is 13.8 Å². The molecule has 1 amide bonds. The van der Waals surface area contributed by atoms with Gasteiger partial charge in [-0.25, -0.2) is 16.8 Å². The van der Waals surface area contributed by atoms with Crippen LogP contribution in [0.2, 0.25) is 5.02 Å². The lowest BCUT2D eigenvalue weighted by molar-refractivity contribution is 0.102. The van der Waals surface area contributed by atoms with Crippen molar-refractivity contribution in [3.63, 3.8) is 0 Å². The van der Waals surface area contributed by atoms with Crippen LogP contribution in [0.4, 0.5) is 22.7 Å². The first-order valence-corrected chi connectivity index (χ1v) is 17.8. The average molecular weight is 697 g/mol. The minimum atomic E-state index is -4.18. The van der Waals surface area contributed by atoms with Gasteiger partial charge in [-0.1, -0.05) is 48.0 Å². The van der Waals surface area contributed by atoms with Crippen LogP contribution < -0.4 is 24.0 Å². The fraction of sp³-hybridized carbons (Fsp3) is 0.182. The van der Waals surface area contributed by atoms with Gasteiger partial charge in [0.15, 0.2) is 0 Å². The molecule has 1 heterocycles. The molecule has 0 aliphatic carbocycles. The molecule has 4 aromatic rings. The first-order valence-electron chi connectivity index (χ1n) is 14.5. The highest BCUT2D eigenvalue weighted by atomic mass is 35.5. The molecule has 4 aromatic carbocycles. The summed E-state index contributed by atoms with van der Waals surface area (Å²) in [5.41, 5.74) is 1.16. The summed E-state index contributed by atoms with van der Waals surface area (Å²) >= 11 is 6.24. The van der Waals surface area contributed by atoms with Gasteiger partial charge >= 0.3 is 0 Å². The lowest BCUT2D eigenvalue weighted by Gasteiger charge is -2.30. The fourth-order valence-corrected chi connectivity index (χ4v) is 8.09. The standard InChI is InChI=1S/C33H33ClN4O7S2/c1-3-17-38(29-13-6-7-14-31(29)44-2)47(42,43)26-10-8-9-24(22-26)33(39)35-25-15-16-30(37-18-20-45-21-19-37)32(23-25)46(40,41)36-28-12-5-4-11-27(28)34/h3-16,22-23,36H,1,17-21H2,2H3,(H,35,39). The number of anilines is 4. The quantitative estimate of drug-likeness (QED) is 0.182. The molecular weight excluding hydrogens is 664 g/mol. The summed E-state index contributed by atoms with van der Waals surface area (Å²) in [6.45, 7) is 5.44. The number of benzene rings is 4. The van der Waals surface area contributed by atoms with Crippen molar-refractivity contribution in [1.29, 1.82) is 0 Å². The summed E-state index contributed by atoms with van der Waals surface area (Å²) in [5.74, 6) is -0.293. The number of hydrogen-bond acceptors (Lipinski definition) is 8. The monoisotopic (exact) mass is 696 g/mol. The van der Waals surface area contributed by atoms with Crippen LogP contribution in [-0.4, -0.2) is 62.7 Å². The maximum atomic E-state index is 13.8. The second-order valence-electron chi connectivity index (χ2n) is 10.3. The molecule has 47 heavy (non-hydrogen) atoms. The molecule has 1 aliphatic heterocycles. The minimum absolute atomic E-state index is 0.0421. The van der Waals surface area contributed by atoms with Gasteiger partial charge in [0.05, 0.1) is 53.8 Å². The molecule has 1 aliphatic rings. The van der Waals surface area contributed by atoms with E-state index in [4.69, 9.17) is 21.1 Å². The Kier molecular flexibility index (Phi) is 10.4. The Labute approximate surface area is 279 Å². The van der Waals surface area contributed by atoms with Crippen LogP contribution in [0.3, 0.4) is 0 Å². The zero-order chi connectivity index (χ0) is 33.6. The Morgan fingerprint density at radius 2 is 1.70 bits per heavy atom. The zero-order valence-electron chi connectivity index (χ0n) is 25.4. The van der Waals surface area contributed by atoms with Crippen molar-refractivity contribution in [3.05, 3.63) is 114 Å². The van der Waals surface area contributed by atoms with Crippen LogP contribution in [0.15, 0.2) is 113 Å².